The number of hydrogen-bond acceptors (Lipinski definition) is 4. The van der Waals surface area contributed by atoms with Crippen LogP contribution in [0.25, 0.3) is 0 Å². The largest absolute Gasteiger partial charge is 0.343 e. The van der Waals surface area contributed by atoms with Gasteiger partial charge >= 0.3 is 0 Å². The van der Waals surface area contributed by atoms with Gasteiger partial charge in [-0.1, -0.05) is 0 Å². The molecule has 0 aromatic carbocycles. The smallest absolute Gasteiger partial charge is 0.227 e. The van der Waals surface area contributed by atoms with Crippen LogP contribution in [0.1, 0.15) is 38.5 Å². The molecule has 8 nitrogen and oxygen atoms in total. The van der Waals surface area contributed by atoms with Crippen LogP contribution in [0.4, 0.5) is 0 Å². The van der Waals surface area contributed by atoms with Crippen LogP contribution in [0.5, 0.6) is 0 Å². The normalized spacial score (nSPS) is 23.2. The van der Waals surface area contributed by atoms with Gasteiger partial charge in [0.25, 0.3) is 0 Å². The van der Waals surface area contributed by atoms with Crippen molar-refractivity contribution in [3.8, 4) is 0 Å². The number of likely N-dealkylation sites (tertiary alicyclic amines) is 3. The summed E-state index contributed by atoms with van der Waals surface area (Å²) in [6.07, 6.45) is 8.42. The van der Waals surface area contributed by atoms with Gasteiger partial charge in [-0.15, -0.1) is 0 Å². The molecule has 4 heterocycles. The number of hydrogen-bond donors (Lipinski definition) is 0. The summed E-state index contributed by atoms with van der Waals surface area (Å²) in [4.78, 5) is 43.2. The minimum Gasteiger partial charge on any atom is -0.343 e. The Morgan fingerprint density at radius 1 is 1.07 bits per heavy atom. The molecule has 1 aromatic rings. The number of aryl methyl sites for hydroxylation is 1. The van der Waals surface area contributed by atoms with Gasteiger partial charge in [0.2, 0.25) is 17.7 Å². The predicted octanol–water partition coefficient (Wildman–Crippen LogP) is 0.983. The summed E-state index contributed by atoms with van der Waals surface area (Å²) in [6.45, 7) is 5.09. The van der Waals surface area contributed by atoms with E-state index >= 15 is 0 Å². The number of rotatable bonds is 6. The molecular weight excluding hydrogens is 370 g/mol. The Kier molecular flexibility index (Phi) is 6.16. The molecule has 8 heteroatoms. The SMILES string of the molecule is O=C(CCn1cccn1)N1CCC(CN2CC(C(=O)N3CCCC3)CC2=O)CC1. The van der Waals surface area contributed by atoms with Gasteiger partial charge < -0.3 is 14.7 Å². The van der Waals surface area contributed by atoms with E-state index in [0.29, 0.717) is 31.8 Å². The van der Waals surface area contributed by atoms with E-state index in [1.165, 1.54) is 0 Å². The topological polar surface area (TPSA) is 78.8 Å². The summed E-state index contributed by atoms with van der Waals surface area (Å²) in [5, 5.41) is 4.13. The number of carbonyl (C=O) groups excluding carboxylic acids is 3. The van der Waals surface area contributed by atoms with Gasteiger partial charge in [-0.25, -0.2) is 0 Å². The first-order chi connectivity index (χ1) is 14.1. The summed E-state index contributed by atoms with van der Waals surface area (Å²) in [6, 6.07) is 1.86. The molecule has 4 rings (SSSR count). The molecule has 0 radical (unpaired) electrons. The van der Waals surface area contributed by atoms with E-state index in [9.17, 15) is 14.4 Å². The van der Waals surface area contributed by atoms with Crippen molar-refractivity contribution in [2.75, 3.05) is 39.3 Å². The Balaban J connectivity index is 1.19. The monoisotopic (exact) mass is 401 g/mol. The molecule has 0 saturated carbocycles. The van der Waals surface area contributed by atoms with E-state index in [1.54, 1.807) is 10.9 Å². The van der Waals surface area contributed by atoms with Crippen LogP contribution >= 0.6 is 0 Å². The maximum atomic E-state index is 12.6. The van der Waals surface area contributed by atoms with Crippen molar-refractivity contribution in [2.45, 2.75) is 45.1 Å². The maximum absolute atomic E-state index is 12.6. The molecule has 1 unspecified atom stereocenters. The molecule has 3 saturated heterocycles. The van der Waals surface area contributed by atoms with Crippen LogP contribution in [0.15, 0.2) is 18.5 Å². The van der Waals surface area contributed by atoms with Gasteiger partial charge in [-0.05, 0) is 37.7 Å². The summed E-state index contributed by atoms with van der Waals surface area (Å²) in [7, 11) is 0. The van der Waals surface area contributed by atoms with Crippen LogP contribution in [0.3, 0.4) is 0 Å². The standard InChI is InChI=1S/C21H31N5O3/c27-19(6-13-26-10-3-7-22-26)23-11-4-17(5-12-23)15-25-16-18(14-20(25)28)21(29)24-8-1-2-9-24/h3,7,10,17-18H,1-2,4-6,8-9,11-16H2. The fourth-order valence-corrected chi connectivity index (χ4v) is 4.79. The Morgan fingerprint density at radius 2 is 1.83 bits per heavy atom. The molecular formula is C21H31N5O3. The third-order valence-electron chi connectivity index (χ3n) is 6.54. The molecule has 1 aromatic heterocycles. The molecule has 29 heavy (non-hydrogen) atoms. The molecule has 0 aliphatic carbocycles. The zero-order valence-corrected chi connectivity index (χ0v) is 17.0. The van der Waals surface area contributed by atoms with Crippen molar-refractivity contribution >= 4 is 17.7 Å². The number of nitrogens with zero attached hydrogens (tertiary/aromatic N) is 5. The second-order valence-electron chi connectivity index (χ2n) is 8.58. The average Bonchev–Trinajstić information content (AvgIpc) is 3.49. The summed E-state index contributed by atoms with van der Waals surface area (Å²) in [5.41, 5.74) is 0. The maximum Gasteiger partial charge on any atom is 0.227 e. The highest BCUT2D eigenvalue weighted by molar-refractivity contribution is 5.89. The molecule has 3 amide bonds. The Morgan fingerprint density at radius 3 is 2.52 bits per heavy atom. The van der Waals surface area contributed by atoms with Crippen LogP contribution < -0.4 is 0 Å². The lowest BCUT2D eigenvalue weighted by Crippen LogP contribution is -2.42. The molecule has 3 aliphatic heterocycles. The summed E-state index contributed by atoms with van der Waals surface area (Å²) in [5.74, 6) is 0.697. The first-order valence-corrected chi connectivity index (χ1v) is 10.9. The zero-order chi connectivity index (χ0) is 20.2. The fraction of sp³-hybridized carbons (Fsp3) is 0.714. The molecule has 3 aliphatic rings. The Hall–Kier alpha value is -2.38. The van der Waals surface area contributed by atoms with Gasteiger partial charge in [0.05, 0.1) is 5.92 Å². The third kappa shape index (κ3) is 4.79. The first-order valence-electron chi connectivity index (χ1n) is 10.9. The molecule has 0 bridgehead atoms. The molecule has 158 valence electrons. The van der Waals surface area contributed by atoms with Crippen molar-refractivity contribution in [3.05, 3.63) is 18.5 Å². The van der Waals surface area contributed by atoms with Crippen LogP contribution in [-0.4, -0.2) is 81.5 Å². The predicted molar refractivity (Wildman–Crippen MR) is 107 cm³/mol. The van der Waals surface area contributed by atoms with Crippen molar-refractivity contribution in [2.24, 2.45) is 11.8 Å². The lowest BCUT2D eigenvalue weighted by Gasteiger charge is -2.34. The third-order valence-corrected chi connectivity index (χ3v) is 6.54. The number of aromatic nitrogens is 2. The van der Waals surface area contributed by atoms with Gasteiger partial charge in [0.1, 0.15) is 0 Å². The highest BCUT2D eigenvalue weighted by Gasteiger charge is 2.38. The van der Waals surface area contributed by atoms with Crippen LogP contribution in [0.2, 0.25) is 0 Å². The average molecular weight is 402 g/mol. The van der Waals surface area contributed by atoms with Gasteiger partial charge in [0, 0.05) is 71.0 Å². The van der Waals surface area contributed by atoms with Crippen molar-refractivity contribution in [1.29, 1.82) is 0 Å². The van der Waals surface area contributed by atoms with E-state index in [2.05, 4.69) is 5.10 Å². The van der Waals surface area contributed by atoms with Gasteiger partial charge in [0.15, 0.2) is 0 Å². The van der Waals surface area contributed by atoms with E-state index in [-0.39, 0.29) is 23.6 Å². The second kappa shape index (κ2) is 8.97. The van der Waals surface area contributed by atoms with Gasteiger partial charge in [-0.3, -0.25) is 19.1 Å². The Bertz CT molecular complexity index is 721. The molecule has 0 spiro atoms. The fourth-order valence-electron chi connectivity index (χ4n) is 4.79. The van der Waals surface area contributed by atoms with Crippen LogP contribution in [0, 0.1) is 11.8 Å². The first kappa shape index (κ1) is 19.9. The quantitative estimate of drug-likeness (QED) is 0.712. The zero-order valence-electron chi connectivity index (χ0n) is 17.0. The number of piperidine rings is 1. The van der Waals surface area contributed by atoms with E-state index in [4.69, 9.17) is 0 Å². The molecule has 1 atom stereocenters. The minimum atomic E-state index is -0.162. The highest BCUT2D eigenvalue weighted by atomic mass is 16.2. The summed E-state index contributed by atoms with van der Waals surface area (Å²) >= 11 is 0. The van der Waals surface area contributed by atoms with Crippen molar-refractivity contribution < 1.29 is 14.4 Å². The number of carbonyl (C=O) groups is 3. The van der Waals surface area contributed by atoms with E-state index in [1.807, 2.05) is 27.0 Å². The minimum absolute atomic E-state index is 0.111. The van der Waals surface area contributed by atoms with E-state index < -0.39 is 0 Å². The van der Waals surface area contributed by atoms with Crippen molar-refractivity contribution in [1.82, 2.24) is 24.5 Å². The molecule has 3 fully saturated rings. The summed E-state index contributed by atoms with van der Waals surface area (Å²) < 4.78 is 1.78. The number of amides is 3. The lowest BCUT2D eigenvalue weighted by molar-refractivity contribution is -0.134. The van der Waals surface area contributed by atoms with Crippen molar-refractivity contribution in [3.63, 3.8) is 0 Å². The highest BCUT2D eigenvalue weighted by Crippen LogP contribution is 2.26. The second-order valence-corrected chi connectivity index (χ2v) is 8.58. The lowest BCUT2D eigenvalue weighted by atomic mass is 9.96. The molecule has 0 N–H and O–H groups in total. The van der Waals surface area contributed by atoms with Gasteiger partial charge in [-0.2, -0.15) is 5.10 Å². The van der Waals surface area contributed by atoms with E-state index in [0.717, 1.165) is 58.4 Å². The Labute approximate surface area is 171 Å². The van der Waals surface area contributed by atoms with Crippen LogP contribution in [-0.2, 0) is 20.9 Å².